The second kappa shape index (κ2) is 6.27. The molecule has 0 radical (unpaired) electrons. The lowest BCUT2D eigenvalue weighted by molar-refractivity contribution is -0.144. The summed E-state index contributed by atoms with van der Waals surface area (Å²) in [5.74, 6) is -0.967. The fourth-order valence-electron chi connectivity index (χ4n) is 2.01. The third kappa shape index (κ3) is 2.84. The molecular formula is C14H16FN3O2. The monoisotopic (exact) mass is 277 g/mol. The van der Waals surface area contributed by atoms with E-state index in [1.54, 1.807) is 23.7 Å². The number of hydrogen-bond donors (Lipinski definition) is 0. The predicted molar refractivity (Wildman–Crippen MR) is 70.6 cm³/mol. The number of benzene rings is 1. The molecule has 0 fully saturated rings. The van der Waals surface area contributed by atoms with Crippen molar-refractivity contribution in [2.24, 2.45) is 0 Å². The van der Waals surface area contributed by atoms with Crippen LogP contribution < -0.4 is 0 Å². The molecule has 0 bridgehead atoms. The van der Waals surface area contributed by atoms with Crippen LogP contribution in [0, 0.1) is 5.82 Å². The highest BCUT2D eigenvalue weighted by molar-refractivity contribution is 5.81. The molecule has 0 N–H and O–H groups in total. The van der Waals surface area contributed by atoms with Gasteiger partial charge in [-0.3, -0.25) is 4.79 Å². The Labute approximate surface area is 116 Å². The molecule has 106 valence electrons. The van der Waals surface area contributed by atoms with Crippen molar-refractivity contribution in [2.45, 2.75) is 26.3 Å². The first-order valence-electron chi connectivity index (χ1n) is 6.47. The molecule has 0 spiro atoms. The number of halogens is 1. The van der Waals surface area contributed by atoms with Gasteiger partial charge in [0.2, 0.25) is 0 Å². The number of aromatic nitrogens is 3. The molecule has 0 saturated carbocycles. The van der Waals surface area contributed by atoms with Crippen LogP contribution >= 0.6 is 0 Å². The Kier molecular flexibility index (Phi) is 4.45. The van der Waals surface area contributed by atoms with Crippen molar-refractivity contribution in [2.75, 3.05) is 6.61 Å². The summed E-state index contributed by atoms with van der Waals surface area (Å²) in [6.45, 7) is 4.51. The van der Waals surface area contributed by atoms with Gasteiger partial charge in [0.15, 0.2) is 0 Å². The Hall–Kier alpha value is -2.24. The van der Waals surface area contributed by atoms with Crippen molar-refractivity contribution in [3.8, 4) is 0 Å². The zero-order valence-corrected chi connectivity index (χ0v) is 11.4. The standard InChI is InChI=1S/C14H16FN3O2/c1-3-18-13(16-9-17-18)12(14(19)20-4-2)10-5-7-11(15)8-6-10/h5-9,12H,3-4H2,1-2H3. The van der Waals surface area contributed by atoms with Gasteiger partial charge < -0.3 is 4.74 Å². The predicted octanol–water partition coefficient (Wildman–Crippen LogP) is 2.13. The Bertz CT molecular complexity index is 580. The average molecular weight is 277 g/mol. The Morgan fingerprint density at radius 1 is 1.35 bits per heavy atom. The first-order valence-corrected chi connectivity index (χ1v) is 6.47. The summed E-state index contributed by atoms with van der Waals surface area (Å²) in [6, 6.07) is 5.75. The van der Waals surface area contributed by atoms with Gasteiger partial charge in [-0.25, -0.2) is 14.1 Å². The first kappa shape index (κ1) is 14.2. The van der Waals surface area contributed by atoms with Crippen molar-refractivity contribution in [1.29, 1.82) is 0 Å². The first-order chi connectivity index (χ1) is 9.67. The van der Waals surface area contributed by atoms with Crippen molar-refractivity contribution in [3.63, 3.8) is 0 Å². The molecule has 0 saturated heterocycles. The molecule has 5 nitrogen and oxygen atoms in total. The zero-order valence-electron chi connectivity index (χ0n) is 11.4. The van der Waals surface area contributed by atoms with Crippen LogP contribution in [-0.2, 0) is 16.1 Å². The molecule has 0 aliphatic rings. The summed E-state index contributed by atoms with van der Waals surface area (Å²) >= 11 is 0. The molecule has 0 aliphatic heterocycles. The zero-order chi connectivity index (χ0) is 14.5. The molecule has 1 heterocycles. The fourth-order valence-corrected chi connectivity index (χ4v) is 2.01. The molecule has 1 atom stereocenters. The summed E-state index contributed by atoms with van der Waals surface area (Å²) in [5.41, 5.74) is 0.632. The number of esters is 1. The number of nitrogens with zero attached hydrogens (tertiary/aromatic N) is 3. The second-order valence-electron chi connectivity index (χ2n) is 4.17. The molecule has 0 aliphatic carbocycles. The maximum absolute atomic E-state index is 13.0. The number of aryl methyl sites for hydroxylation is 1. The minimum atomic E-state index is -0.696. The molecule has 1 aromatic carbocycles. The van der Waals surface area contributed by atoms with Crippen LogP contribution in [0.1, 0.15) is 31.2 Å². The topological polar surface area (TPSA) is 57.0 Å². The van der Waals surface area contributed by atoms with E-state index in [0.29, 0.717) is 17.9 Å². The molecule has 1 aromatic heterocycles. The average Bonchev–Trinajstić information content (AvgIpc) is 2.90. The molecule has 1 unspecified atom stereocenters. The normalized spacial score (nSPS) is 12.2. The summed E-state index contributed by atoms with van der Waals surface area (Å²) in [5, 5.41) is 4.06. The van der Waals surface area contributed by atoms with Gasteiger partial charge in [-0.2, -0.15) is 5.10 Å². The van der Waals surface area contributed by atoms with E-state index in [1.807, 2.05) is 6.92 Å². The number of rotatable bonds is 5. The lowest BCUT2D eigenvalue weighted by Crippen LogP contribution is -2.21. The van der Waals surface area contributed by atoms with Crippen molar-refractivity contribution in [1.82, 2.24) is 14.8 Å². The minimum absolute atomic E-state index is 0.275. The highest BCUT2D eigenvalue weighted by Crippen LogP contribution is 2.24. The van der Waals surface area contributed by atoms with E-state index >= 15 is 0 Å². The van der Waals surface area contributed by atoms with Crippen LogP contribution in [-0.4, -0.2) is 27.3 Å². The van der Waals surface area contributed by atoms with E-state index in [4.69, 9.17) is 4.74 Å². The summed E-state index contributed by atoms with van der Waals surface area (Å²) in [6.07, 6.45) is 1.40. The van der Waals surface area contributed by atoms with Gasteiger partial charge >= 0.3 is 5.97 Å². The van der Waals surface area contributed by atoms with E-state index < -0.39 is 11.9 Å². The quantitative estimate of drug-likeness (QED) is 0.786. The third-order valence-electron chi connectivity index (χ3n) is 2.93. The number of carbonyl (C=O) groups excluding carboxylic acids is 1. The third-order valence-corrected chi connectivity index (χ3v) is 2.93. The highest BCUT2D eigenvalue weighted by atomic mass is 19.1. The van der Waals surface area contributed by atoms with Gasteiger partial charge in [-0.15, -0.1) is 0 Å². The Morgan fingerprint density at radius 3 is 2.65 bits per heavy atom. The largest absolute Gasteiger partial charge is 0.465 e. The van der Waals surface area contributed by atoms with Gasteiger partial charge in [0.1, 0.15) is 23.9 Å². The minimum Gasteiger partial charge on any atom is -0.465 e. The van der Waals surface area contributed by atoms with Gasteiger partial charge in [0.25, 0.3) is 0 Å². The van der Waals surface area contributed by atoms with Crippen LogP contribution in [0.2, 0.25) is 0 Å². The van der Waals surface area contributed by atoms with Crippen LogP contribution in [0.5, 0.6) is 0 Å². The van der Waals surface area contributed by atoms with E-state index in [2.05, 4.69) is 10.1 Å². The van der Waals surface area contributed by atoms with Gasteiger partial charge in [0, 0.05) is 6.54 Å². The smallest absolute Gasteiger partial charge is 0.321 e. The summed E-state index contributed by atoms with van der Waals surface area (Å²) in [4.78, 5) is 16.3. The molecular weight excluding hydrogens is 261 g/mol. The molecule has 6 heteroatoms. The number of hydrogen-bond acceptors (Lipinski definition) is 4. The number of ether oxygens (including phenoxy) is 1. The fraction of sp³-hybridized carbons (Fsp3) is 0.357. The second-order valence-corrected chi connectivity index (χ2v) is 4.17. The number of carbonyl (C=O) groups is 1. The summed E-state index contributed by atoms with van der Waals surface area (Å²) < 4.78 is 19.8. The molecule has 2 rings (SSSR count). The van der Waals surface area contributed by atoms with Crippen LogP contribution in [0.4, 0.5) is 4.39 Å². The SMILES string of the molecule is CCOC(=O)C(c1ccc(F)cc1)c1ncnn1CC. The van der Waals surface area contributed by atoms with E-state index in [1.165, 1.54) is 18.5 Å². The van der Waals surface area contributed by atoms with Gasteiger partial charge in [0.05, 0.1) is 6.61 Å². The van der Waals surface area contributed by atoms with Crippen molar-refractivity contribution in [3.05, 3.63) is 47.8 Å². The Morgan fingerprint density at radius 2 is 2.05 bits per heavy atom. The molecule has 0 amide bonds. The van der Waals surface area contributed by atoms with Crippen LogP contribution in [0.3, 0.4) is 0 Å². The van der Waals surface area contributed by atoms with Gasteiger partial charge in [-0.05, 0) is 31.5 Å². The Balaban J connectivity index is 2.44. The van der Waals surface area contributed by atoms with Gasteiger partial charge in [-0.1, -0.05) is 12.1 Å². The summed E-state index contributed by atoms with van der Waals surface area (Å²) in [7, 11) is 0. The maximum Gasteiger partial charge on any atom is 0.321 e. The van der Waals surface area contributed by atoms with E-state index in [0.717, 1.165) is 0 Å². The molecule has 2 aromatic rings. The lowest BCUT2D eigenvalue weighted by atomic mass is 9.98. The van der Waals surface area contributed by atoms with E-state index in [-0.39, 0.29) is 12.4 Å². The van der Waals surface area contributed by atoms with Crippen LogP contribution in [0.25, 0.3) is 0 Å². The van der Waals surface area contributed by atoms with Crippen LogP contribution in [0.15, 0.2) is 30.6 Å². The maximum atomic E-state index is 13.0. The van der Waals surface area contributed by atoms with E-state index in [9.17, 15) is 9.18 Å². The molecule has 20 heavy (non-hydrogen) atoms. The lowest BCUT2D eigenvalue weighted by Gasteiger charge is -2.16. The van der Waals surface area contributed by atoms with Crippen molar-refractivity contribution >= 4 is 5.97 Å². The highest BCUT2D eigenvalue weighted by Gasteiger charge is 2.28. The van der Waals surface area contributed by atoms with Crippen molar-refractivity contribution < 1.29 is 13.9 Å².